The number of likely N-dealkylation sites (N-methyl/N-ethyl adjacent to an activating group) is 1. The third kappa shape index (κ3) is 10.0. The largest absolute Gasteiger partial charge is 0.406 e. The molecule has 0 aliphatic heterocycles. The summed E-state index contributed by atoms with van der Waals surface area (Å²) in [5.41, 5.74) is 0.966. The smallest absolute Gasteiger partial charge is 0.357 e. The van der Waals surface area contributed by atoms with Crippen molar-refractivity contribution >= 4 is 47.4 Å². The Kier molecular flexibility index (Phi) is 11.6. The van der Waals surface area contributed by atoms with Crippen LogP contribution in [0.5, 0.6) is 0 Å². The summed E-state index contributed by atoms with van der Waals surface area (Å²) in [7, 11) is 1.10. The lowest BCUT2D eigenvalue weighted by Gasteiger charge is -2.18. The van der Waals surface area contributed by atoms with Gasteiger partial charge in [0.25, 0.3) is 0 Å². The van der Waals surface area contributed by atoms with Crippen LogP contribution in [-0.2, 0) is 11.2 Å². The van der Waals surface area contributed by atoms with Crippen LogP contribution >= 0.6 is 35.6 Å². The first-order chi connectivity index (χ1) is 11.7. The normalized spacial score (nSPS) is 11.5. The summed E-state index contributed by atoms with van der Waals surface area (Å²) in [5, 5.41) is 6.63. The fraction of sp³-hybridized carbons (Fsp3) is 0.500. The standard InChI is InChI=1S/C16H22ClF3N4O.HI/c1-3-21-15(22-9-8-12-6-4-5-7-13(12)17)23-10-14(25)24(2)11-16(18,19)20;/h4-7H,3,8-11H2,1-2H3,(H2,21,22,23);1H. The van der Waals surface area contributed by atoms with E-state index in [2.05, 4.69) is 15.6 Å². The first kappa shape index (κ1) is 24.8. The topological polar surface area (TPSA) is 56.7 Å². The van der Waals surface area contributed by atoms with Crippen molar-refractivity contribution in [3.63, 3.8) is 0 Å². The summed E-state index contributed by atoms with van der Waals surface area (Å²) in [6, 6.07) is 7.43. The minimum atomic E-state index is -4.42. The molecule has 0 saturated heterocycles. The number of benzene rings is 1. The Balaban J connectivity index is 0.00000625. The van der Waals surface area contributed by atoms with E-state index in [-0.39, 0.29) is 30.5 Å². The van der Waals surface area contributed by atoms with E-state index in [4.69, 9.17) is 11.6 Å². The van der Waals surface area contributed by atoms with E-state index in [0.29, 0.717) is 35.4 Å². The summed E-state index contributed by atoms with van der Waals surface area (Å²) >= 11 is 6.08. The highest BCUT2D eigenvalue weighted by molar-refractivity contribution is 14.0. The maximum atomic E-state index is 12.3. The Hall–Kier alpha value is -1.23. The van der Waals surface area contributed by atoms with Crippen LogP contribution in [0.2, 0.25) is 5.02 Å². The number of halogens is 5. The molecule has 1 rings (SSSR count). The van der Waals surface area contributed by atoms with E-state index in [0.717, 1.165) is 12.6 Å². The minimum Gasteiger partial charge on any atom is -0.357 e. The molecule has 1 aromatic rings. The van der Waals surface area contributed by atoms with Crippen LogP contribution in [0.1, 0.15) is 12.5 Å². The lowest BCUT2D eigenvalue weighted by Crippen LogP contribution is -2.40. The van der Waals surface area contributed by atoms with Crippen molar-refractivity contribution in [2.45, 2.75) is 19.5 Å². The molecule has 0 fully saturated rings. The van der Waals surface area contributed by atoms with Crippen molar-refractivity contribution in [1.29, 1.82) is 0 Å². The molecule has 0 aliphatic rings. The molecule has 5 nitrogen and oxygen atoms in total. The Morgan fingerprint density at radius 2 is 1.92 bits per heavy atom. The van der Waals surface area contributed by atoms with E-state index >= 15 is 0 Å². The molecule has 0 atom stereocenters. The number of nitrogens with zero attached hydrogens (tertiary/aromatic N) is 2. The number of hydrogen-bond donors (Lipinski definition) is 2. The molecule has 1 amide bonds. The van der Waals surface area contributed by atoms with Gasteiger partial charge in [-0.2, -0.15) is 13.2 Å². The Morgan fingerprint density at radius 3 is 2.50 bits per heavy atom. The van der Waals surface area contributed by atoms with Crippen molar-refractivity contribution in [2.75, 3.05) is 33.2 Å². The van der Waals surface area contributed by atoms with Gasteiger partial charge in [-0.15, -0.1) is 24.0 Å². The van der Waals surface area contributed by atoms with Gasteiger partial charge in [-0.05, 0) is 25.0 Å². The maximum absolute atomic E-state index is 12.3. The summed E-state index contributed by atoms with van der Waals surface area (Å²) < 4.78 is 36.8. The predicted octanol–water partition coefficient (Wildman–Crippen LogP) is 3.08. The van der Waals surface area contributed by atoms with E-state index in [1.165, 1.54) is 0 Å². The number of amides is 1. The monoisotopic (exact) mass is 506 g/mol. The number of rotatable bonds is 7. The van der Waals surface area contributed by atoms with Gasteiger partial charge >= 0.3 is 6.18 Å². The average molecular weight is 507 g/mol. The molecule has 1 aromatic carbocycles. The molecule has 0 aliphatic carbocycles. The molecule has 26 heavy (non-hydrogen) atoms. The Labute approximate surface area is 173 Å². The SMILES string of the molecule is CCNC(=NCC(=O)N(C)CC(F)(F)F)NCCc1ccccc1Cl.I. The number of alkyl halides is 3. The first-order valence-electron chi connectivity index (χ1n) is 7.79. The molecule has 0 aromatic heterocycles. The third-order valence-electron chi connectivity index (χ3n) is 3.20. The highest BCUT2D eigenvalue weighted by Gasteiger charge is 2.30. The lowest BCUT2D eigenvalue weighted by atomic mass is 10.1. The highest BCUT2D eigenvalue weighted by Crippen LogP contribution is 2.16. The van der Waals surface area contributed by atoms with Gasteiger partial charge in [0.1, 0.15) is 13.1 Å². The van der Waals surface area contributed by atoms with Gasteiger partial charge < -0.3 is 15.5 Å². The fourth-order valence-electron chi connectivity index (χ4n) is 1.98. The second-order valence-corrected chi connectivity index (χ2v) is 5.74. The summed E-state index contributed by atoms with van der Waals surface area (Å²) in [5.74, 6) is -0.344. The molecule has 0 unspecified atom stereocenters. The molecule has 0 bridgehead atoms. The second kappa shape index (κ2) is 12.2. The van der Waals surface area contributed by atoms with Gasteiger partial charge in [-0.25, -0.2) is 4.99 Å². The van der Waals surface area contributed by atoms with E-state index in [1.807, 2.05) is 25.1 Å². The van der Waals surface area contributed by atoms with Crippen molar-refractivity contribution in [3.8, 4) is 0 Å². The zero-order valence-corrected chi connectivity index (χ0v) is 17.7. The number of guanidine groups is 1. The van der Waals surface area contributed by atoms with Crippen molar-refractivity contribution < 1.29 is 18.0 Å². The lowest BCUT2D eigenvalue weighted by molar-refractivity contribution is -0.157. The quantitative estimate of drug-likeness (QED) is 0.340. The average Bonchev–Trinajstić information content (AvgIpc) is 2.52. The number of aliphatic imine (C=N–C) groups is 1. The van der Waals surface area contributed by atoms with Gasteiger partial charge in [0.2, 0.25) is 5.91 Å². The van der Waals surface area contributed by atoms with Crippen LogP contribution in [-0.4, -0.2) is 56.2 Å². The molecule has 0 saturated carbocycles. The van der Waals surface area contributed by atoms with Gasteiger partial charge in [-0.3, -0.25) is 4.79 Å². The summed E-state index contributed by atoms with van der Waals surface area (Å²) in [6.07, 6.45) is -3.78. The van der Waals surface area contributed by atoms with Gasteiger partial charge in [0.15, 0.2) is 5.96 Å². The number of carbonyl (C=O) groups excluding carboxylic acids is 1. The van der Waals surface area contributed by atoms with Gasteiger partial charge in [-0.1, -0.05) is 29.8 Å². The maximum Gasteiger partial charge on any atom is 0.406 e. The molecular weight excluding hydrogens is 484 g/mol. The van der Waals surface area contributed by atoms with Gasteiger partial charge in [0.05, 0.1) is 0 Å². The van der Waals surface area contributed by atoms with Crippen molar-refractivity contribution in [3.05, 3.63) is 34.9 Å². The summed E-state index contributed by atoms with van der Waals surface area (Å²) in [6.45, 7) is 1.27. The molecule has 0 heterocycles. The number of hydrogen-bond acceptors (Lipinski definition) is 2. The molecule has 148 valence electrons. The van der Waals surface area contributed by atoms with Crippen LogP contribution in [0.25, 0.3) is 0 Å². The zero-order chi connectivity index (χ0) is 18.9. The number of carbonyl (C=O) groups is 1. The predicted molar refractivity (Wildman–Crippen MR) is 108 cm³/mol. The van der Waals surface area contributed by atoms with Crippen LogP contribution in [0.4, 0.5) is 13.2 Å². The van der Waals surface area contributed by atoms with E-state index < -0.39 is 18.6 Å². The van der Waals surface area contributed by atoms with Crippen molar-refractivity contribution in [2.24, 2.45) is 4.99 Å². The molecule has 0 radical (unpaired) electrons. The highest BCUT2D eigenvalue weighted by atomic mass is 127. The van der Waals surface area contributed by atoms with Crippen LogP contribution in [0.3, 0.4) is 0 Å². The third-order valence-corrected chi connectivity index (χ3v) is 3.57. The zero-order valence-electron chi connectivity index (χ0n) is 14.6. The molecule has 2 N–H and O–H groups in total. The van der Waals surface area contributed by atoms with E-state index in [1.54, 1.807) is 6.07 Å². The molecule has 0 spiro atoms. The second-order valence-electron chi connectivity index (χ2n) is 5.33. The fourth-order valence-corrected chi connectivity index (χ4v) is 2.21. The molecular formula is C16H23ClF3IN4O. The Bertz CT molecular complexity index is 599. The first-order valence-corrected chi connectivity index (χ1v) is 8.17. The Morgan fingerprint density at radius 1 is 1.27 bits per heavy atom. The van der Waals surface area contributed by atoms with Crippen LogP contribution in [0.15, 0.2) is 29.3 Å². The minimum absolute atomic E-state index is 0. The van der Waals surface area contributed by atoms with Gasteiger partial charge in [0, 0.05) is 25.2 Å². The van der Waals surface area contributed by atoms with Crippen molar-refractivity contribution in [1.82, 2.24) is 15.5 Å². The van der Waals surface area contributed by atoms with Crippen LogP contribution < -0.4 is 10.6 Å². The summed E-state index contributed by atoms with van der Waals surface area (Å²) in [4.78, 5) is 16.3. The number of nitrogens with one attached hydrogen (secondary N) is 2. The molecule has 10 heteroatoms. The van der Waals surface area contributed by atoms with Crippen LogP contribution in [0, 0.1) is 0 Å². The van der Waals surface area contributed by atoms with E-state index in [9.17, 15) is 18.0 Å².